The molecule has 2 heteroatoms. The quantitative estimate of drug-likeness (QED) is 0.365. The molecule has 11 heavy (non-hydrogen) atoms. The van der Waals surface area contributed by atoms with Gasteiger partial charge in [0, 0.05) is 0 Å². The van der Waals surface area contributed by atoms with Crippen LogP contribution in [0.25, 0.3) is 0 Å². The van der Waals surface area contributed by atoms with Crippen LogP contribution in [-0.2, 0) is 0 Å². The van der Waals surface area contributed by atoms with Gasteiger partial charge in [-0.05, 0) is 19.1 Å². The summed E-state index contributed by atoms with van der Waals surface area (Å²) < 4.78 is 1.02. The molecule has 0 aliphatic rings. The van der Waals surface area contributed by atoms with E-state index < -0.39 is 0 Å². The summed E-state index contributed by atoms with van der Waals surface area (Å²) in [6.07, 6.45) is 3.93. The lowest BCUT2D eigenvalue weighted by Crippen LogP contribution is -3.00. The maximum absolute atomic E-state index is 3.73. The van der Waals surface area contributed by atoms with Gasteiger partial charge in [-0.15, -0.1) is 0 Å². The number of hydrogen-bond acceptors (Lipinski definition) is 0. The molecule has 0 rings (SSSR count). The standard InChI is InChI=1S/C9H18N.ClH/c1-5-8-10(4,7-3)9-6-2;/h5-6H,1-2,7-9H2,3-4H3;1H/q+1;/p-1. The molecule has 66 valence electrons. The van der Waals surface area contributed by atoms with E-state index in [0.717, 1.165) is 24.1 Å². The topological polar surface area (TPSA) is 0 Å². The van der Waals surface area contributed by atoms with Crippen LogP contribution in [0, 0.1) is 0 Å². The van der Waals surface area contributed by atoms with Crippen molar-refractivity contribution < 1.29 is 16.9 Å². The molecule has 0 radical (unpaired) electrons. The molecule has 0 unspecified atom stereocenters. The van der Waals surface area contributed by atoms with Crippen molar-refractivity contribution in [3.8, 4) is 0 Å². The minimum atomic E-state index is 0. The predicted octanol–water partition coefficient (Wildman–Crippen LogP) is -1.17. The number of rotatable bonds is 5. The smallest absolute Gasteiger partial charge is 0.0971 e. The van der Waals surface area contributed by atoms with E-state index >= 15 is 0 Å². The first-order chi connectivity index (χ1) is 4.68. The molecule has 0 saturated carbocycles. The van der Waals surface area contributed by atoms with E-state index in [4.69, 9.17) is 0 Å². The zero-order valence-corrected chi connectivity index (χ0v) is 8.27. The monoisotopic (exact) mass is 175 g/mol. The summed E-state index contributed by atoms with van der Waals surface area (Å²) in [7, 11) is 2.21. The number of hydrogen-bond donors (Lipinski definition) is 0. The van der Waals surface area contributed by atoms with E-state index in [-0.39, 0.29) is 12.4 Å². The van der Waals surface area contributed by atoms with E-state index in [1.165, 1.54) is 0 Å². The Labute approximate surface area is 76.4 Å². The molecular weight excluding hydrogens is 158 g/mol. The molecule has 0 aromatic carbocycles. The van der Waals surface area contributed by atoms with Crippen molar-refractivity contribution in [3.63, 3.8) is 0 Å². The van der Waals surface area contributed by atoms with Gasteiger partial charge in [0.1, 0.15) is 0 Å². The van der Waals surface area contributed by atoms with E-state index in [2.05, 4.69) is 27.1 Å². The summed E-state index contributed by atoms with van der Waals surface area (Å²) in [5.74, 6) is 0. The first kappa shape index (κ1) is 13.3. The Kier molecular flexibility index (Phi) is 7.80. The van der Waals surface area contributed by atoms with Crippen LogP contribution in [0.3, 0.4) is 0 Å². The van der Waals surface area contributed by atoms with Gasteiger partial charge >= 0.3 is 0 Å². The van der Waals surface area contributed by atoms with Gasteiger partial charge in [0.15, 0.2) is 0 Å². The van der Waals surface area contributed by atoms with Gasteiger partial charge in [0.2, 0.25) is 0 Å². The molecule has 0 atom stereocenters. The zero-order valence-electron chi connectivity index (χ0n) is 7.52. The number of halogens is 1. The van der Waals surface area contributed by atoms with E-state index in [1.54, 1.807) is 0 Å². The fraction of sp³-hybridized carbons (Fsp3) is 0.556. The molecule has 0 aliphatic carbocycles. The minimum absolute atomic E-state index is 0. The second kappa shape index (κ2) is 6.44. The average molecular weight is 176 g/mol. The van der Waals surface area contributed by atoms with Crippen LogP contribution in [0.1, 0.15) is 6.92 Å². The average Bonchev–Trinajstić information content (AvgIpc) is 1.89. The van der Waals surface area contributed by atoms with Crippen LogP contribution in [-0.4, -0.2) is 31.2 Å². The molecule has 0 N–H and O–H groups in total. The summed E-state index contributed by atoms with van der Waals surface area (Å²) >= 11 is 0. The number of likely N-dealkylation sites (N-methyl/N-ethyl adjacent to an activating group) is 1. The molecule has 0 spiro atoms. The lowest BCUT2D eigenvalue weighted by Gasteiger charge is -2.30. The van der Waals surface area contributed by atoms with Gasteiger partial charge in [0.05, 0.1) is 26.7 Å². The summed E-state index contributed by atoms with van der Waals surface area (Å²) in [4.78, 5) is 0. The predicted molar refractivity (Wildman–Crippen MR) is 46.9 cm³/mol. The van der Waals surface area contributed by atoms with Crippen LogP contribution < -0.4 is 12.4 Å². The SMILES string of the molecule is C=CC[N+](C)(CC)CC=C.[Cl-]. The van der Waals surface area contributed by atoms with Crippen LogP contribution >= 0.6 is 0 Å². The van der Waals surface area contributed by atoms with E-state index in [1.807, 2.05) is 12.2 Å². The van der Waals surface area contributed by atoms with Crippen molar-refractivity contribution >= 4 is 0 Å². The van der Waals surface area contributed by atoms with Crippen molar-refractivity contribution in [1.29, 1.82) is 0 Å². The van der Waals surface area contributed by atoms with Gasteiger partial charge in [-0.25, -0.2) is 0 Å². The molecule has 0 bridgehead atoms. The fourth-order valence-electron chi connectivity index (χ4n) is 0.956. The third-order valence-electron chi connectivity index (χ3n) is 1.90. The minimum Gasteiger partial charge on any atom is -1.00 e. The zero-order chi connectivity index (χ0) is 8.04. The second-order valence-electron chi connectivity index (χ2n) is 2.88. The van der Waals surface area contributed by atoms with Crippen molar-refractivity contribution in [3.05, 3.63) is 25.3 Å². The molecular formula is C9H18ClN. The second-order valence-corrected chi connectivity index (χ2v) is 2.88. The lowest BCUT2D eigenvalue weighted by atomic mass is 10.3. The lowest BCUT2D eigenvalue weighted by molar-refractivity contribution is -0.896. The van der Waals surface area contributed by atoms with Crippen LogP contribution in [0.15, 0.2) is 25.3 Å². The number of quaternary nitrogens is 1. The summed E-state index contributed by atoms with van der Waals surface area (Å²) in [6.45, 7) is 12.8. The van der Waals surface area contributed by atoms with Gasteiger partial charge in [-0.3, -0.25) is 0 Å². The molecule has 0 amide bonds. The molecule has 0 aromatic rings. The summed E-state index contributed by atoms with van der Waals surface area (Å²) in [6, 6.07) is 0. The first-order valence-electron chi connectivity index (χ1n) is 3.74. The molecule has 0 fully saturated rings. The van der Waals surface area contributed by atoms with E-state index in [0.29, 0.717) is 0 Å². The molecule has 1 nitrogen and oxygen atoms in total. The maximum atomic E-state index is 3.73. The largest absolute Gasteiger partial charge is 1.00 e. The highest BCUT2D eigenvalue weighted by atomic mass is 35.5. The Bertz CT molecular complexity index is 111. The third kappa shape index (κ3) is 5.05. The molecule has 0 heterocycles. The molecule has 0 aliphatic heterocycles. The Morgan fingerprint density at radius 1 is 1.18 bits per heavy atom. The van der Waals surface area contributed by atoms with Crippen LogP contribution in [0.5, 0.6) is 0 Å². The Hall–Kier alpha value is -0.270. The van der Waals surface area contributed by atoms with Crippen molar-refractivity contribution in [2.45, 2.75) is 6.92 Å². The Morgan fingerprint density at radius 2 is 1.55 bits per heavy atom. The molecule has 0 aromatic heterocycles. The normalized spacial score (nSPS) is 10.0. The van der Waals surface area contributed by atoms with Crippen LogP contribution in [0.4, 0.5) is 0 Å². The Balaban J connectivity index is 0. The van der Waals surface area contributed by atoms with Crippen LogP contribution in [0.2, 0.25) is 0 Å². The highest BCUT2D eigenvalue weighted by molar-refractivity contribution is 4.70. The molecule has 0 saturated heterocycles. The Morgan fingerprint density at radius 3 is 1.73 bits per heavy atom. The van der Waals surface area contributed by atoms with Gasteiger partial charge in [-0.2, -0.15) is 0 Å². The fourth-order valence-corrected chi connectivity index (χ4v) is 0.956. The van der Waals surface area contributed by atoms with E-state index in [9.17, 15) is 0 Å². The summed E-state index contributed by atoms with van der Waals surface area (Å²) in [5, 5.41) is 0. The van der Waals surface area contributed by atoms with Gasteiger partial charge < -0.3 is 16.9 Å². The van der Waals surface area contributed by atoms with Crippen molar-refractivity contribution in [1.82, 2.24) is 0 Å². The van der Waals surface area contributed by atoms with Gasteiger partial charge in [-0.1, -0.05) is 13.2 Å². The van der Waals surface area contributed by atoms with Gasteiger partial charge in [0.25, 0.3) is 0 Å². The highest BCUT2D eigenvalue weighted by Crippen LogP contribution is 2.00. The highest BCUT2D eigenvalue weighted by Gasteiger charge is 2.13. The maximum Gasteiger partial charge on any atom is 0.0971 e. The summed E-state index contributed by atoms with van der Waals surface area (Å²) in [5.41, 5.74) is 0. The third-order valence-corrected chi connectivity index (χ3v) is 1.90. The van der Waals surface area contributed by atoms with Crippen molar-refractivity contribution in [2.75, 3.05) is 26.7 Å². The van der Waals surface area contributed by atoms with Crippen molar-refractivity contribution in [2.24, 2.45) is 0 Å². The number of nitrogens with zero attached hydrogens (tertiary/aromatic N) is 1. The first-order valence-corrected chi connectivity index (χ1v) is 3.74.